The van der Waals surface area contributed by atoms with Crippen molar-refractivity contribution in [3.05, 3.63) is 25.3 Å². The van der Waals surface area contributed by atoms with Crippen LogP contribution in [0.15, 0.2) is 25.3 Å². The zero-order chi connectivity index (χ0) is 21.5. The van der Waals surface area contributed by atoms with Crippen LogP contribution in [0.25, 0.3) is 0 Å². The number of allylic oxidation sites excluding steroid dienone is 2. The SMILES string of the molecule is C=CCCCC(=O)OCC(NC(=O)C(CC=C)CC(=O)NC(C)CO)C(C)C. The summed E-state index contributed by atoms with van der Waals surface area (Å²) in [5, 5.41) is 14.5. The van der Waals surface area contributed by atoms with Crippen LogP contribution in [-0.4, -0.2) is 48.2 Å². The summed E-state index contributed by atoms with van der Waals surface area (Å²) in [7, 11) is 0. The molecule has 0 bridgehead atoms. The molecule has 7 heteroatoms. The van der Waals surface area contributed by atoms with Crippen molar-refractivity contribution in [3.8, 4) is 0 Å². The van der Waals surface area contributed by atoms with Crippen molar-refractivity contribution in [1.29, 1.82) is 0 Å². The highest BCUT2D eigenvalue weighted by Gasteiger charge is 2.25. The molecule has 0 fully saturated rings. The summed E-state index contributed by atoms with van der Waals surface area (Å²) in [6, 6.07) is -0.716. The van der Waals surface area contributed by atoms with Crippen LogP contribution in [0.2, 0.25) is 0 Å². The highest BCUT2D eigenvalue weighted by Crippen LogP contribution is 2.13. The summed E-state index contributed by atoms with van der Waals surface area (Å²) < 4.78 is 5.29. The van der Waals surface area contributed by atoms with Gasteiger partial charge in [0.2, 0.25) is 11.8 Å². The van der Waals surface area contributed by atoms with Crippen molar-refractivity contribution < 1.29 is 24.2 Å². The van der Waals surface area contributed by atoms with E-state index in [2.05, 4.69) is 23.8 Å². The minimum absolute atomic E-state index is 0.00561. The molecular formula is C21H36N2O5. The smallest absolute Gasteiger partial charge is 0.305 e. The summed E-state index contributed by atoms with van der Waals surface area (Å²) in [6.07, 6.45) is 5.43. The molecule has 0 aromatic carbocycles. The Balaban J connectivity index is 4.73. The molecule has 0 aliphatic heterocycles. The van der Waals surface area contributed by atoms with E-state index in [0.29, 0.717) is 19.3 Å². The third-order valence-electron chi connectivity index (χ3n) is 4.28. The zero-order valence-corrected chi connectivity index (χ0v) is 17.4. The summed E-state index contributed by atoms with van der Waals surface area (Å²) in [6.45, 7) is 12.7. The number of aliphatic hydroxyl groups excluding tert-OH is 1. The number of hydrogen-bond donors (Lipinski definition) is 3. The van der Waals surface area contributed by atoms with Crippen LogP contribution < -0.4 is 10.6 Å². The highest BCUT2D eigenvalue weighted by atomic mass is 16.5. The molecule has 0 heterocycles. The summed E-state index contributed by atoms with van der Waals surface area (Å²) in [5.41, 5.74) is 0. The first kappa shape index (κ1) is 25.9. The number of nitrogens with one attached hydrogen (secondary N) is 2. The standard InChI is InChI=1S/C21H36N2O5/c1-6-8-9-11-20(26)28-14-18(15(3)4)23-21(27)17(10-7-2)12-19(25)22-16(5)13-24/h6-7,15-18,24H,1-2,8-14H2,3-5H3,(H,22,25)(H,23,27). The lowest BCUT2D eigenvalue weighted by atomic mass is 9.97. The second-order valence-corrected chi connectivity index (χ2v) is 7.30. The third-order valence-corrected chi connectivity index (χ3v) is 4.28. The average Bonchev–Trinajstić information content (AvgIpc) is 2.64. The molecule has 3 N–H and O–H groups in total. The number of ether oxygens (including phenoxy) is 1. The Morgan fingerprint density at radius 3 is 2.32 bits per heavy atom. The van der Waals surface area contributed by atoms with E-state index in [1.807, 2.05) is 13.8 Å². The first-order chi connectivity index (χ1) is 13.2. The molecule has 7 nitrogen and oxygen atoms in total. The molecule has 160 valence electrons. The van der Waals surface area contributed by atoms with Gasteiger partial charge in [-0.05, 0) is 32.1 Å². The maximum atomic E-state index is 12.7. The van der Waals surface area contributed by atoms with Gasteiger partial charge < -0.3 is 20.5 Å². The first-order valence-corrected chi connectivity index (χ1v) is 9.83. The van der Waals surface area contributed by atoms with Gasteiger partial charge in [-0.25, -0.2) is 0 Å². The fraction of sp³-hybridized carbons (Fsp3) is 0.667. The van der Waals surface area contributed by atoms with Gasteiger partial charge in [0.05, 0.1) is 18.6 Å². The fourth-order valence-electron chi connectivity index (χ4n) is 2.43. The second kappa shape index (κ2) is 14.9. The molecule has 0 aromatic heterocycles. The van der Waals surface area contributed by atoms with Gasteiger partial charge in [0, 0.05) is 18.9 Å². The van der Waals surface area contributed by atoms with Gasteiger partial charge in [-0.15, -0.1) is 13.2 Å². The van der Waals surface area contributed by atoms with Crippen LogP contribution in [0.1, 0.15) is 52.9 Å². The van der Waals surface area contributed by atoms with Crippen molar-refractivity contribution in [1.82, 2.24) is 10.6 Å². The number of rotatable bonds is 15. The number of unbranched alkanes of at least 4 members (excludes halogenated alkanes) is 1. The van der Waals surface area contributed by atoms with E-state index in [1.54, 1.807) is 19.1 Å². The molecule has 0 radical (unpaired) electrons. The van der Waals surface area contributed by atoms with E-state index in [1.165, 1.54) is 0 Å². The molecule has 0 aromatic rings. The topological polar surface area (TPSA) is 105 Å². The molecular weight excluding hydrogens is 360 g/mol. The summed E-state index contributed by atoms with van der Waals surface area (Å²) >= 11 is 0. The molecule has 2 amide bonds. The largest absolute Gasteiger partial charge is 0.463 e. The molecule has 28 heavy (non-hydrogen) atoms. The lowest BCUT2D eigenvalue weighted by Crippen LogP contribution is -2.46. The number of carbonyl (C=O) groups is 3. The maximum Gasteiger partial charge on any atom is 0.305 e. The van der Waals surface area contributed by atoms with Crippen LogP contribution in [-0.2, 0) is 19.1 Å². The quantitative estimate of drug-likeness (QED) is 0.223. The van der Waals surface area contributed by atoms with Crippen LogP contribution in [0.5, 0.6) is 0 Å². The Hall–Kier alpha value is -2.15. The lowest BCUT2D eigenvalue weighted by molar-refractivity contribution is -0.145. The molecule has 0 saturated heterocycles. The summed E-state index contributed by atoms with van der Waals surface area (Å²) in [5.74, 6) is -1.42. The van der Waals surface area contributed by atoms with E-state index in [0.717, 1.165) is 6.42 Å². The Kier molecular flexibility index (Phi) is 13.7. The van der Waals surface area contributed by atoms with E-state index in [-0.39, 0.29) is 55.4 Å². The van der Waals surface area contributed by atoms with Crippen LogP contribution in [0.4, 0.5) is 0 Å². The lowest BCUT2D eigenvalue weighted by Gasteiger charge is -2.25. The zero-order valence-electron chi connectivity index (χ0n) is 17.4. The van der Waals surface area contributed by atoms with Gasteiger partial charge in [0.25, 0.3) is 0 Å². The van der Waals surface area contributed by atoms with Gasteiger partial charge in [0.1, 0.15) is 6.61 Å². The maximum absolute atomic E-state index is 12.7. The Bertz CT molecular complexity index is 519. The number of hydrogen-bond acceptors (Lipinski definition) is 5. The minimum atomic E-state index is -0.576. The van der Waals surface area contributed by atoms with Crippen molar-refractivity contribution in [2.75, 3.05) is 13.2 Å². The second-order valence-electron chi connectivity index (χ2n) is 7.30. The average molecular weight is 397 g/mol. The van der Waals surface area contributed by atoms with Crippen molar-refractivity contribution >= 4 is 17.8 Å². The Labute approximate surface area is 168 Å². The molecule has 0 rings (SSSR count). The van der Waals surface area contributed by atoms with E-state index >= 15 is 0 Å². The Morgan fingerprint density at radius 2 is 1.79 bits per heavy atom. The predicted octanol–water partition coefficient (Wildman–Crippen LogP) is 2.11. The molecule has 0 aliphatic rings. The van der Waals surface area contributed by atoms with Gasteiger partial charge in [0.15, 0.2) is 0 Å². The van der Waals surface area contributed by atoms with Gasteiger partial charge in [-0.3, -0.25) is 14.4 Å². The predicted molar refractivity (Wildman–Crippen MR) is 109 cm³/mol. The van der Waals surface area contributed by atoms with Crippen LogP contribution >= 0.6 is 0 Å². The highest BCUT2D eigenvalue weighted by molar-refractivity contribution is 5.86. The van der Waals surface area contributed by atoms with Crippen molar-refractivity contribution in [2.45, 2.75) is 65.0 Å². The van der Waals surface area contributed by atoms with Gasteiger partial charge in [-0.2, -0.15) is 0 Å². The monoisotopic (exact) mass is 396 g/mol. The van der Waals surface area contributed by atoms with Crippen molar-refractivity contribution in [3.63, 3.8) is 0 Å². The van der Waals surface area contributed by atoms with Gasteiger partial charge in [-0.1, -0.05) is 26.0 Å². The first-order valence-electron chi connectivity index (χ1n) is 9.83. The van der Waals surface area contributed by atoms with E-state index in [9.17, 15) is 14.4 Å². The van der Waals surface area contributed by atoms with Gasteiger partial charge >= 0.3 is 5.97 Å². The molecule has 0 aliphatic carbocycles. The summed E-state index contributed by atoms with van der Waals surface area (Å²) in [4.78, 5) is 36.5. The normalized spacial score (nSPS) is 13.9. The fourth-order valence-corrected chi connectivity index (χ4v) is 2.43. The molecule has 3 atom stereocenters. The van der Waals surface area contributed by atoms with E-state index in [4.69, 9.17) is 9.84 Å². The number of aliphatic hydroxyl groups is 1. The van der Waals surface area contributed by atoms with Crippen LogP contribution in [0, 0.1) is 11.8 Å². The molecule has 3 unspecified atom stereocenters. The third kappa shape index (κ3) is 11.5. The van der Waals surface area contributed by atoms with Crippen molar-refractivity contribution in [2.24, 2.45) is 11.8 Å². The number of amides is 2. The Morgan fingerprint density at radius 1 is 1.11 bits per heavy atom. The minimum Gasteiger partial charge on any atom is -0.463 e. The van der Waals surface area contributed by atoms with Crippen LogP contribution in [0.3, 0.4) is 0 Å². The number of esters is 1. The number of carbonyl (C=O) groups excluding carboxylic acids is 3. The van der Waals surface area contributed by atoms with E-state index < -0.39 is 5.92 Å². The molecule has 0 spiro atoms. The molecule has 0 saturated carbocycles.